The molecule has 2 N–H and O–H groups in total. The van der Waals surface area contributed by atoms with Crippen LogP contribution in [0.4, 0.5) is 5.69 Å². The van der Waals surface area contributed by atoms with E-state index >= 15 is 0 Å². The number of anilines is 1. The molecule has 3 aromatic rings. The molecule has 3 rings (SSSR count). The zero-order chi connectivity index (χ0) is 22.8. The van der Waals surface area contributed by atoms with Gasteiger partial charge < -0.3 is 20.1 Å². The van der Waals surface area contributed by atoms with Crippen molar-refractivity contribution in [1.82, 2.24) is 10.3 Å². The molecule has 1 aromatic heterocycles. The van der Waals surface area contributed by atoms with E-state index in [0.29, 0.717) is 35.4 Å². The van der Waals surface area contributed by atoms with Gasteiger partial charge in [0.1, 0.15) is 12.3 Å². The van der Waals surface area contributed by atoms with Crippen LogP contribution in [0.3, 0.4) is 0 Å². The number of methoxy groups -OCH3 is 1. The normalized spacial score (nSPS) is 11.4. The van der Waals surface area contributed by atoms with Gasteiger partial charge in [0, 0.05) is 13.3 Å². The number of benzene rings is 2. The zero-order valence-corrected chi connectivity index (χ0v) is 18.3. The highest BCUT2D eigenvalue weighted by Crippen LogP contribution is 2.24. The fraction of sp³-hybridized carbons (Fsp3) is 0.208. The lowest BCUT2D eigenvalue weighted by Gasteiger charge is -2.20. The molecule has 32 heavy (non-hydrogen) atoms. The number of rotatable bonds is 10. The van der Waals surface area contributed by atoms with Gasteiger partial charge in [0.25, 0.3) is 5.91 Å². The Bertz CT molecular complexity index is 1050. The molecule has 0 fully saturated rings. The van der Waals surface area contributed by atoms with Crippen molar-refractivity contribution in [2.24, 2.45) is 0 Å². The largest absolute Gasteiger partial charge is 0.474 e. The lowest BCUT2D eigenvalue weighted by Crippen LogP contribution is -2.31. The molecule has 8 heteroatoms. The summed E-state index contributed by atoms with van der Waals surface area (Å²) in [5, 5.41) is 6.08. The highest BCUT2D eigenvalue weighted by molar-refractivity contribution is 6.33. The first-order valence-corrected chi connectivity index (χ1v) is 10.4. The molecule has 2 aromatic carbocycles. The van der Waals surface area contributed by atoms with Crippen molar-refractivity contribution in [3.05, 3.63) is 89.1 Å². The van der Waals surface area contributed by atoms with Gasteiger partial charge >= 0.3 is 0 Å². The number of nitrogens with one attached hydrogen (secondary N) is 2. The van der Waals surface area contributed by atoms with Crippen LogP contribution in [-0.4, -0.2) is 37.1 Å². The topological polar surface area (TPSA) is 89.6 Å². The maximum atomic E-state index is 12.9. The standard InChI is InChI=1S/C24H24ClN3O4/c1-31-14-15-32-24-20(12-7-13-26-24)27-22(29)16-21(17-8-3-2-4-9-17)28-23(30)18-10-5-6-11-19(18)25/h2-13,21H,14-16H2,1H3,(H,27,29)(H,28,30). The number of amides is 2. The van der Waals surface area contributed by atoms with E-state index in [1.807, 2.05) is 30.3 Å². The van der Waals surface area contributed by atoms with E-state index in [1.165, 1.54) is 0 Å². The summed E-state index contributed by atoms with van der Waals surface area (Å²) in [5.41, 5.74) is 1.58. The number of halogens is 1. The van der Waals surface area contributed by atoms with Crippen LogP contribution in [0.2, 0.25) is 5.02 Å². The fourth-order valence-electron chi connectivity index (χ4n) is 3.03. The molecule has 7 nitrogen and oxygen atoms in total. The van der Waals surface area contributed by atoms with Crippen LogP contribution in [0, 0.1) is 0 Å². The summed E-state index contributed by atoms with van der Waals surface area (Å²) in [6, 6.07) is 18.9. The number of hydrogen-bond acceptors (Lipinski definition) is 5. The Morgan fingerprint density at radius 2 is 1.75 bits per heavy atom. The summed E-state index contributed by atoms with van der Waals surface area (Å²) in [6.45, 7) is 0.699. The van der Waals surface area contributed by atoms with Crippen molar-refractivity contribution in [2.75, 3.05) is 25.6 Å². The summed E-state index contributed by atoms with van der Waals surface area (Å²) < 4.78 is 10.5. The number of carbonyl (C=O) groups is 2. The van der Waals surface area contributed by atoms with Crippen LogP contribution in [0.5, 0.6) is 5.88 Å². The van der Waals surface area contributed by atoms with Crippen LogP contribution in [0.1, 0.15) is 28.4 Å². The Balaban J connectivity index is 1.74. The summed E-state index contributed by atoms with van der Waals surface area (Å²) >= 11 is 6.16. The first-order chi connectivity index (χ1) is 15.6. The van der Waals surface area contributed by atoms with Gasteiger partial charge in [-0.05, 0) is 29.8 Å². The number of aromatic nitrogens is 1. The predicted octanol–water partition coefficient (Wildman–Crippen LogP) is 4.26. The summed E-state index contributed by atoms with van der Waals surface area (Å²) in [5.74, 6) is -0.362. The van der Waals surface area contributed by atoms with Crippen LogP contribution in [0.15, 0.2) is 72.9 Å². The summed E-state index contributed by atoms with van der Waals surface area (Å²) in [7, 11) is 1.57. The monoisotopic (exact) mass is 453 g/mol. The molecular weight excluding hydrogens is 430 g/mol. The predicted molar refractivity (Wildman–Crippen MR) is 123 cm³/mol. The summed E-state index contributed by atoms with van der Waals surface area (Å²) in [6.07, 6.45) is 1.58. The average Bonchev–Trinajstić information content (AvgIpc) is 2.80. The zero-order valence-electron chi connectivity index (χ0n) is 17.6. The van der Waals surface area contributed by atoms with Crippen molar-refractivity contribution < 1.29 is 19.1 Å². The molecule has 0 aliphatic carbocycles. The third kappa shape index (κ3) is 6.54. The van der Waals surface area contributed by atoms with Crippen molar-refractivity contribution in [3.63, 3.8) is 0 Å². The Labute approximate surface area is 191 Å². The van der Waals surface area contributed by atoms with Gasteiger partial charge in [-0.3, -0.25) is 9.59 Å². The van der Waals surface area contributed by atoms with E-state index in [1.54, 1.807) is 49.7 Å². The van der Waals surface area contributed by atoms with Gasteiger partial charge in [-0.2, -0.15) is 0 Å². The van der Waals surface area contributed by atoms with Gasteiger partial charge in [-0.15, -0.1) is 0 Å². The van der Waals surface area contributed by atoms with E-state index in [0.717, 1.165) is 5.56 Å². The second kappa shape index (κ2) is 11.8. The highest BCUT2D eigenvalue weighted by Gasteiger charge is 2.21. The molecule has 1 atom stereocenters. The van der Waals surface area contributed by atoms with E-state index in [9.17, 15) is 9.59 Å². The molecular formula is C24H24ClN3O4. The minimum Gasteiger partial charge on any atom is -0.474 e. The number of carbonyl (C=O) groups excluding carboxylic acids is 2. The van der Waals surface area contributed by atoms with Gasteiger partial charge in [-0.25, -0.2) is 4.98 Å². The maximum Gasteiger partial charge on any atom is 0.253 e. The molecule has 166 valence electrons. The quantitative estimate of drug-likeness (QED) is 0.448. The Hall–Kier alpha value is -3.42. The molecule has 0 radical (unpaired) electrons. The molecule has 0 aliphatic rings. The van der Waals surface area contributed by atoms with E-state index in [-0.39, 0.29) is 18.2 Å². The minimum absolute atomic E-state index is 0.00656. The van der Waals surface area contributed by atoms with Crippen molar-refractivity contribution in [2.45, 2.75) is 12.5 Å². The summed E-state index contributed by atoms with van der Waals surface area (Å²) in [4.78, 5) is 29.8. The van der Waals surface area contributed by atoms with Crippen LogP contribution in [-0.2, 0) is 9.53 Å². The van der Waals surface area contributed by atoms with Gasteiger partial charge in [-0.1, -0.05) is 54.1 Å². The third-order valence-electron chi connectivity index (χ3n) is 4.59. The van der Waals surface area contributed by atoms with Crippen LogP contribution >= 0.6 is 11.6 Å². The molecule has 0 saturated carbocycles. The number of ether oxygens (including phenoxy) is 2. The first kappa shape index (κ1) is 23.2. The van der Waals surface area contributed by atoms with Crippen LogP contribution in [0.25, 0.3) is 0 Å². The molecule has 0 saturated heterocycles. The van der Waals surface area contributed by atoms with E-state index < -0.39 is 6.04 Å². The van der Waals surface area contributed by atoms with Gasteiger partial charge in [0.2, 0.25) is 11.8 Å². The second-order valence-electron chi connectivity index (χ2n) is 6.87. The smallest absolute Gasteiger partial charge is 0.253 e. The van der Waals surface area contributed by atoms with Gasteiger partial charge in [0.05, 0.1) is 29.7 Å². The Morgan fingerprint density at radius 1 is 1.00 bits per heavy atom. The molecule has 0 spiro atoms. The van der Waals surface area contributed by atoms with Gasteiger partial charge in [0.15, 0.2) is 0 Å². The Morgan fingerprint density at radius 3 is 2.50 bits per heavy atom. The SMILES string of the molecule is COCCOc1ncccc1NC(=O)CC(NC(=O)c1ccccc1Cl)c1ccccc1. The average molecular weight is 454 g/mol. The van der Waals surface area contributed by atoms with E-state index in [4.69, 9.17) is 21.1 Å². The lowest BCUT2D eigenvalue weighted by molar-refractivity contribution is -0.116. The second-order valence-corrected chi connectivity index (χ2v) is 7.27. The molecule has 0 bridgehead atoms. The first-order valence-electron chi connectivity index (χ1n) is 10.1. The van der Waals surface area contributed by atoms with Crippen molar-refractivity contribution >= 4 is 29.1 Å². The van der Waals surface area contributed by atoms with Crippen LogP contribution < -0.4 is 15.4 Å². The minimum atomic E-state index is -0.561. The fourth-order valence-corrected chi connectivity index (χ4v) is 3.25. The number of nitrogens with zero attached hydrogens (tertiary/aromatic N) is 1. The maximum absolute atomic E-state index is 12.9. The van der Waals surface area contributed by atoms with Crippen molar-refractivity contribution in [3.8, 4) is 5.88 Å². The highest BCUT2D eigenvalue weighted by atomic mass is 35.5. The van der Waals surface area contributed by atoms with E-state index in [2.05, 4.69) is 15.6 Å². The number of hydrogen-bond donors (Lipinski definition) is 2. The molecule has 2 amide bonds. The number of pyridine rings is 1. The molecule has 0 aliphatic heterocycles. The van der Waals surface area contributed by atoms with Crippen molar-refractivity contribution in [1.29, 1.82) is 0 Å². The third-order valence-corrected chi connectivity index (χ3v) is 4.92. The Kier molecular flexibility index (Phi) is 8.60. The lowest BCUT2D eigenvalue weighted by atomic mass is 10.0. The molecule has 1 heterocycles. The molecule has 1 unspecified atom stereocenters.